The van der Waals surface area contributed by atoms with E-state index in [1.807, 2.05) is 6.92 Å². The highest BCUT2D eigenvalue weighted by atomic mass is 32.2. The van der Waals surface area contributed by atoms with Gasteiger partial charge in [-0.1, -0.05) is 6.92 Å². The van der Waals surface area contributed by atoms with Gasteiger partial charge in [0, 0.05) is 11.8 Å². The number of ether oxygens (including phenoxy) is 3. The molecule has 12 heteroatoms. The van der Waals surface area contributed by atoms with Crippen LogP contribution in [-0.4, -0.2) is 55.3 Å². The monoisotopic (exact) mass is 388 g/mol. The van der Waals surface area contributed by atoms with E-state index in [0.717, 1.165) is 0 Å². The first-order valence-electron chi connectivity index (χ1n) is 7.48. The molecule has 0 amide bonds. The highest BCUT2D eigenvalue weighted by molar-refractivity contribution is 7.86. The molecule has 7 unspecified atom stereocenters. The zero-order valence-electron chi connectivity index (χ0n) is 12.8. The van der Waals surface area contributed by atoms with Crippen LogP contribution in [0.4, 0.5) is 18.0 Å². The molecule has 3 fully saturated rings. The second-order valence-electron chi connectivity index (χ2n) is 6.49. The number of carbonyl (C=O) groups is 2. The fraction of sp³-hybridized carbons (Fsp3) is 0.846. The molecule has 3 rings (SSSR count). The number of rotatable bonds is 5. The Morgan fingerprint density at radius 2 is 2.12 bits per heavy atom. The number of carbonyl (C=O) groups excluding carboxylic acids is 2. The Labute approximate surface area is 140 Å². The van der Waals surface area contributed by atoms with Crippen molar-refractivity contribution >= 4 is 22.2 Å². The van der Waals surface area contributed by atoms with Crippen molar-refractivity contribution in [3.8, 4) is 0 Å². The third-order valence-electron chi connectivity index (χ3n) is 5.24. The van der Waals surface area contributed by atoms with E-state index >= 15 is 0 Å². The first-order valence-corrected chi connectivity index (χ1v) is 8.92. The average Bonchev–Trinajstić information content (AvgIpc) is 3.04. The number of fused-ring (bicyclic) bond motifs is 1. The van der Waals surface area contributed by atoms with Crippen LogP contribution in [0, 0.1) is 23.7 Å². The van der Waals surface area contributed by atoms with E-state index in [2.05, 4.69) is 4.74 Å². The highest BCUT2D eigenvalue weighted by Gasteiger charge is 2.67. The van der Waals surface area contributed by atoms with Crippen LogP contribution < -0.4 is 0 Å². The molecular weight excluding hydrogens is 373 g/mol. The topological polar surface area (TPSA) is 116 Å². The van der Waals surface area contributed by atoms with Crippen LogP contribution in [0.2, 0.25) is 0 Å². The minimum Gasteiger partial charge on any atom is -0.458 e. The van der Waals surface area contributed by atoms with E-state index in [9.17, 15) is 31.2 Å². The first-order chi connectivity index (χ1) is 11.4. The molecule has 2 aliphatic carbocycles. The van der Waals surface area contributed by atoms with Crippen molar-refractivity contribution in [1.29, 1.82) is 0 Å². The maximum Gasteiger partial charge on any atom is 0.508 e. The number of hydrogen-bond acceptors (Lipinski definition) is 7. The summed E-state index contributed by atoms with van der Waals surface area (Å²) in [6.45, 7) is 0.248. The Hall–Kier alpha value is -1.56. The van der Waals surface area contributed by atoms with Gasteiger partial charge in [0.15, 0.2) is 0 Å². The molecule has 2 saturated carbocycles. The Morgan fingerprint density at radius 1 is 1.48 bits per heavy atom. The highest BCUT2D eigenvalue weighted by Crippen LogP contribution is 2.58. The normalized spacial score (nSPS) is 37.7. The number of hydrogen-bond donors (Lipinski definition) is 1. The van der Waals surface area contributed by atoms with Crippen LogP contribution in [0.3, 0.4) is 0 Å². The summed E-state index contributed by atoms with van der Waals surface area (Å²) in [5, 5.41) is -5.12. The Kier molecular flexibility index (Phi) is 4.18. The lowest BCUT2D eigenvalue weighted by Gasteiger charge is -2.25. The largest absolute Gasteiger partial charge is 0.508 e. The molecule has 0 aromatic heterocycles. The smallest absolute Gasteiger partial charge is 0.458 e. The lowest BCUT2D eigenvalue weighted by molar-refractivity contribution is -0.146. The summed E-state index contributed by atoms with van der Waals surface area (Å²) in [5.74, 6) is -0.838. The molecule has 0 aromatic carbocycles. The van der Waals surface area contributed by atoms with Gasteiger partial charge in [-0.2, -0.15) is 17.2 Å². The molecule has 1 aliphatic heterocycles. The Morgan fingerprint density at radius 3 is 2.72 bits per heavy atom. The summed E-state index contributed by atoms with van der Waals surface area (Å²) in [7, 11) is -6.00. The van der Waals surface area contributed by atoms with Crippen LogP contribution in [0.15, 0.2) is 0 Å². The zero-order valence-corrected chi connectivity index (χ0v) is 13.6. The van der Waals surface area contributed by atoms with E-state index in [0.29, 0.717) is 6.42 Å². The summed E-state index contributed by atoms with van der Waals surface area (Å²) in [4.78, 5) is 23.3. The molecule has 8 nitrogen and oxygen atoms in total. The summed E-state index contributed by atoms with van der Waals surface area (Å²) in [6.07, 6.45) is -5.97. The SMILES string of the molecule is CC1C2CC3C(=O)OC(C2OC(=O)OCC(F)C(F)(F)S(=O)(=O)O)C31. The molecule has 142 valence electrons. The lowest BCUT2D eigenvalue weighted by Crippen LogP contribution is -2.42. The maximum absolute atomic E-state index is 13.3. The number of esters is 1. The molecular formula is C13H15F3O8S. The standard InChI is InChI=1S/C13H15F3O8S/c1-4-5-2-6-8(4)10(23-11(6)17)9(5)24-12(18)22-3-7(14)13(15,16)25(19,20)21/h4-10H,2-3H2,1H3,(H,19,20,21). The third-order valence-corrected chi connectivity index (χ3v) is 6.19. The quantitative estimate of drug-likeness (QED) is 0.551. The van der Waals surface area contributed by atoms with Crippen molar-refractivity contribution in [2.45, 2.75) is 37.0 Å². The van der Waals surface area contributed by atoms with Gasteiger partial charge in [0.05, 0.1) is 5.92 Å². The van der Waals surface area contributed by atoms with E-state index in [4.69, 9.17) is 14.0 Å². The van der Waals surface area contributed by atoms with E-state index < -0.39 is 46.5 Å². The maximum atomic E-state index is 13.3. The van der Waals surface area contributed by atoms with Gasteiger partial charge in [0.25, 0.3) is 0 Å². The Bertz CT molecular complexity index is 695. The minimum atomic E-state index is -6.00. The van der Waals surface area contributed by atoms with Crippen molar-refractivity contribution in [2.24, 2.45) is 23.7 Å². The first kappa shape index (κ1) is 18.2. The van der Waals surface area contributed by atoms with Gasteiger partial charge in [-0.05, 0) is 12.3 Å². The molecule has 1 saturated heterocycles. The zero-order chi connectivity index (χ0) is 18.7. The minimum absolute atomic E-state index is 0.0528. The molecule has 3 aliphatic rings. The van der Waals surface area contributed by atoms with Gasteiger partial charge >= 0.3 is 27.5 Å². The Balaban J connectivity index is 1.57. The van der Waals surface area contributed by atoms with Crippen LogP contribution >= 0.6 is 0 Å². The van der Waals surface area contributed by atoms with Crippen molar-refractivity contribution in [1.82, 2.24) is 0 Å². The summed E-state index contributed by atoms with van der Waals surface area (Å²) < 4.78 is 82.7. The van der Waals surface area contributed by atoms with Crippen molar-refractivity contribution in [3.05, 3.63) is 0 Å². The van der Waals surface area contributed by atoms with Gasteiger partial charge in [-0.3, -0.25) is 9.35 Å². The van der Waals surface area contributed by atoms with Gasteiger partial charge in [-0.15, -0.1) is 0 Å². The van der Waals surface area contributed by atoms with Crippen molar-refractivity contribution < 1.29 is 49.9 Å². The number of halogens is 3. The summed E-state index contributed by atoms with van der Waals surface area (Å²) in [6, 6.07) is 0. The summed E-state index contributed by atoms with van der Waals surface area (Å²) >= 11 is 0. The molecule has 2 bridgehead atoms. The average molecular weight is 388 g/mol. The lowest BCUT2D eigenvalue weighted by atomic mass is 9.88. The van der Waals surface area contributed by atoms with Crippen LogP contribution in [0.1, 0.15) is 13.3 Å². The molecule has 0 spiro atoms. The van der Waals surface area contributed by atoms with Crippen LogP contribution in [0.25, 0.3) is 0 Å². The van der Waals surface area contributed by atoms with Gasteiger partial charge < -0.3 is 14.2 Å². The predicted molar refractivity (Wildman–Crippen MR) is 71.7 cm³/mol. The second-order valence-corrected chi connectivity index (χ2v) is 7.99. The fourth-order valence-electron chi connectivity index (χ4n) is 4.06. The van der Waals surface area contributed by atoms with Crippen molar-refractivity contribution in [3.63, 3.8) is 0 Å². The fourth-order valence-corrected chi connectivity index (χ4v) is 4.45. The van der Waals surface area contributed by atoms with E-state index in [1.165, 1.54) is 0 Å². The molecule has 1 N–H and O–H groups in total. The molecule has 1 heterocycles. The van der Waals surface area contributed by atoms with Gasteiger partial charge in [0.2, 0.25) is 6.17 Å². The number of alkyl halides is 3. The van der Waals surface area contributed by atoms with Gasteiger partial charge in [0.1, 0.15) is 18.8 Å². The van der Waals surface area contributed by atoms with Gasteiger partial charge in [-0.25, -0.2) is 9.18 Å². The molecule has 0 radical (unpaired) electrons. The molecule has 0 aromatic rings. The third kappa shape index (κ3) is 2.75. The van der Waals surface area contributed by atoms with E-state index in [1.54, 1.807) is 0 Å². The van der Waals surface area contributed by atoms with Crippen LogP contribution in [0.5, 0.6) is 0 Å². The molecule has 25 heavy (non-hydrogen) atoms. The van der Waals surface area contributed by atoms with Crippen molar-refractivity contribution in [2.75, 3.05) is 6.61 Å². The second kappa shape index (κ2) is 5.73. The molecule has 7 atom stereocenters. The van der Waals surface area contributed by atoms with Crippen LogP contribution in [-0.2, 0) is 29.1 Å². The predicted octanol–water partition coefficient (Wildman–Crippen LogP) is 1.15. The summed E-state index contributed by atoms with van der Waals surface area (Å²) in [5.41, 5.74) is 0. The van der Waals surface area contributed by atoms with E-state index in [-0.39, 0.29) is 29.6 Å².